The Bertz CT molecular complexity index is 278. The van der Waals surface area contributed by atoms with Gasteiger partial charge in [-0.3, -0.25) is 0 Å². The standard InChI is InChI=1S/C13H21N/c1-5-7-8-11(3)12(4)9-13(6-2)10-14/h5-9H,10,14H2,1-4H3. The van der Waals surface area contributed by atoms with E-state index in [2.05, 4.69) is 26.0 Å². The molecule has 0 aromatic heterocycles. The number of nitrogens with two attached hydrogens (primary N) is 1. The summed E-state index contributed by atoms with van der Waals surface area (Å²) in [7, 11) is 0. The van der Waals surface area contributed by atoms with Gasteiger partial charge in [0.05, 0.1) is 0 Å². The first kappa shape index (κ1) is 12.9. The van der Waals surface area contributed by atoms with Crippen molar-refractivity contribution in [2.75, 3.05) is 6.54 Å². The first-order valence-corrected chi connectivity index (χ1v) is 4.99. The van der Waals surface area contributed by atoms with E-state index in [0.29, 0.717) is 6.54 Å². The van der Waals surface area contributed by atoms with Gasteiger partial charge in [0.15, 0.2) is 0 Å². The van der Waals surface area contributed by atoms with Crippen LogP contribution < -0.4 is 5.73 Å². The van der Waals surface area contributed by atoms with E-state index in [1.165, 1.54) is 16.7 Å². The van der Waals surface area contributed by atoms with Crippen molar-refractivity contribution >= 4 is 0 Å². The summed E-state index contributed by atoms with van der Waals surface area (Å²) in [5, 5.41) is 0. The number of rotatable bonds is 4. The fourth-order valence-corrected chi connectivity index (χ4v) is 1.02. The summed E-state index contributed by atoms with van der Waals surface area (Å²) < 4.78 is 0. The minimum absolute atomic E-state index is 0.602. The van der Waals surface area contributed by atoms with Gasteiger partial charge in [0.1, 0.15) is 0 Å². The van der Waals surface area contributed by atoms with Crippen LogP contribution in [0.1, 0.15) is 27.7 Å². The van der Waals surface area contributed by atoms with Gasteiger partial charge < -0.3 is 5.73 Å². The molecule has 1 heteroatoms. The lowest BCUT2D eigenvalue weighted by molar-refractivity contribution is 1.16. The van der Waals surface area contributed by atoms with Crippen LogP contribution in [0.4, 0.5) is 0 Å². The second kappa shape index (κ2) is 7.34. The van der Waals surface area contributed by atoms with E-state index in [-0.39, 0.29) is 0 Å². The Kier molecular flexibility index (Phi) is 6.77. The third-order valence-corrected chi connectivity index (χ3v) is 2.17. The van der Waals surface area contributed by atoms with Crippen molar-refractivity contribution in [3.63, 3.8) is 0 Å². The summed E-state index contributed by atoms with van der Waals surface area (Å²) in [6.45, 7) is 8.84. The fourth-order valence-electron chi connectivity index (χ4n) is 1.02. The van der Waals surface area contributed by atoms with E-state index >= 15 is 0 Å². The lowest BCUT2D eigenvalue weighted by atomic mass is 10.1. The Labute approximate surface area is 87.7 Å². The SMILES string of the molecule is CC=CC=C(C)C(C)=CC(=CC)CN. The third kappa shape index (κ3) is 4.83. The first-order chi connectivity index (χ1) is 6.65. The van der Waals surface area contributed by atoms with Crippen LogP contribution in [0.3, 0.4) is 0 Å². The highest BCUT2D eigenvalue weighted by Gasteiger charge is 1.93. The zero-order chi connectivity index (χ0) is 11.0. The van der Waals surface area contributed by atoms with Crippen molar-refractivity contribution in [1.29, 1.82) is 0 Å². The zero-order valence-electron chi connectivity index (χ0n) is 9.67. The van der Waals surface area contributed by atoms with Gasteiger partial charge in [0.2, 0.25) is 0 Å². The highest BCUT2D eigenvalue weighted by molar-refractivity contribution is 5.36. The molecule has 14 heavy (non-hydrogen) atoms. The molecule has 2 N–H and O–H groups in total. The highest BCUT2D eigenvalue weighted by atomic mass is 14.5. The topological polar surface area (TPSA) is 26.0 Å². The minimum atomic E-state index is 0.602. The largest absolute Gasteiger partial charge is 0.327 e. The van der Waals surface area contributed by atoms with E-state index in [4.69, 9.17) is 5.73 Å². The van der Waals surface area contributed by atoms with Crippen LogP contribution in [0.25, 0.3) is 0 Å². The van der Waals surface area contributed by atoms with Crippen LogP contribution in [-0.4, -0.2) is 6.54 Å². The Morgan fingerprint density at radius 3 is 2.21 bits per heavy atom. The van der Waals surface area contributed by atoms with Crippen molar-refractivity contribution in [1.82, 2.24) is 0 Å². The molecule has 0 radical (unpaired) electrons. The molecule has 0 bridgehead atoms. The summed E-state index contributed by atoms with van der Waals surface area (Å²) in [5.74, 6) is 0. The minimum Gasteiger partial charge on any atom is -0.327 e. The maximum atomic E-state index is 5.59. The summed E-state index contributed by atoms with van der Waals surface area (Å²) in [4.78, 5) is 0. The van der Waals surface area contributed by atoms with Crippen molar-refractivity contribution in [2.24, 2.45) is 5.73 Å². The van der Waals surface area contributed by atoms with E-state index in [1.54, 1.807) is 0 Å². The molecule has 0 heterocycles. The molecule has 0 aromatic rings. The zero-order valence-corrected chi connectivity index (χ0v) is 9.67. The summed E-state index contributed by atoms with van der Waals surface area (Å²) >= 11 is 0. The Hall–Kier alpha value is -1.08. The smallest absolute Gasteiger partial charge is 0.0174 e. The number of hydrogen-bond acceptors (Lipinski definition) is 1. The van der Waals surface area contributed by atoms with Crippen LogP contribution in [0.15, 0.2) is 47.1 Å². The van der Waals surface area contributed by atoms with Gasteiger partial charge in [-0.25, -0.2) is 0 Å². The molecule has 0 aliphatic carbocycles. The van der Waals surface area contributed by atoms with E-state index in [0.717, 1.165) is 0 Å². The van der Waals surface area contributed by atoms with Gasteiger partial charge in [0.25, 0.3) is 0 Å². The molecule has 0 aliphatic heterocycles. The summed E-state index contributed by atoms with van der Waals surface area (Å²) in [6, 6.07) is 0. The van der Waals surface area contributed by atoms with Gasteiger partial charge in [0, 0.05) is 6.54 Å². The van der Waals surface area contributed by atoms with Crippen LogP contribution in [0, 0.1) is 0 Å². The van der Waals surface area contributed by atoms with E-state index in [1.807, 2.05) is 32.1 Å². The fraction of sp³-hybridized carbons (Fsp3) is 0.385. The van der Waals surface area contributed by atoms with Gasteiger partial charge in [-0.1, -0.05) is 30.4 Å². The molecule has 0 fully saturated rings. The molecule has 0 unspecified atom stereocenters. The Balaban J connectivity index is 4.68. The lowest BCUT2D eigenvalue weighted by Gasteiger charge is -2.02. The van der Waals surface area contributed by atoms with Crippen molar-refractivity contribution in [2.45, 2.75) is 27.7 Å². The van der Waals surface area contributed by atoms with Gasteiger partial charge in [-0.2, -0.15) is 0 Å². The van der Waals surface area contributed by atoms with Crippen LogP contribution >= 0.6 is 0 Å². The van der Waals surface area contributed by atoms with Crippen molar-refractivity contribution < 1.29 is 0 Å². The predicted octanol–water partition coefficient (Wildman–Crippen LogP) is 3.36. The molecule has 0 amide bonds. The summed E-state index contributed by atoms with van der Waals surface area (Å²) in [6.07, 6.45) is 10.4. The van der Waals surface area contributed by atoms with Crippen molar-refractivity contribution in [3.8, 4) is 0 Å². The molecule has 1 nitrogen and oxygen atoms in total. The Morgan fingerprint density at radius 1 is 1.14 bits per heavy atom. The second-order valence-corrected chi connectivity index (χ2v) is 3.27. The van der Waals surface area contributed by atoms with E-state index < -0.39 is 0 Å². The molecular weight excluding hydrogens is 170 g/mol. The quantitative estimate of drug-likeness (QED) is 0.677. The molecule has 0 aliphatic rings. The predicted molar refractivity (Wildman–Crippen MR) is 65.1 cm³/mol. The monoisotopic (exact) mass is 191 g/mol. The molecule has 0 aromatic carbocycles. The average molecular weight is 191 g/mol. The second-order valence-electron chi connectivity index (χ2n) is 3.27. The Morgan fingerprint density at radius 2 is 1.79 bits per heavy atom. The first-order valence-electron chi connectivity index (χ1n) is 4.99. The average Bonchev–Trinajstić information content (AvgIpc) is 2.21. The normalized spacial score (nSPS) is 15.4. The maximum Gasteiger partial charge on any atom is 0.0174 e. The third-order valence-electron chi connectivity index (χ3n) is 2.17. The molecule has 0 atom stereocenters. The van der Waals surface area contributed by atoms with E-state index in [9.17, 15) is 0 Å². The highest BCUT2D eigenvalue weighted by Crippen LogP contribution is 2.11. The van der Waals surface area contributed by atoms with Gasteiger partial charge in [-0.05, 0) is 44.4 Å². The molecule has 0 saturated carbocycles. The number of hydrogen-bond donors (Lipinski definition) is 1. The van der Waals surface area contributed by atoms with Gasteiger partial charge >= 0.3 is 0 Å². The van der Waals surface area contributed by atoms with Gasteiger partial charge in [-0.15, -0.1) is 0 Å². The summed E-state index contributed by atoms with van der Waals surface area (Å²) in [5.41, 5.74) is 9.30. The molecule has 0 spiro atoms. The molecule has 78 valence electrons. The number of allylic oxidation sites excluding steroid dienone is 6. The molecular formula is C13H21N. The van der Waals surface area contributed by atoms with Crippen LogP contribution in [0.5, 0.6) is 0 Å². The molecule has 0 rings (SSSR count). The van der Waals surface area contributed by atoms with Crippen molar-refractivity contribution in [3.05, 3.63) is 47.1 Å². The maximum absolute atomic E-state index is 5.59. The molecule has 0 saturated heterocycles. The van der Waals surface area contributed by atoms with Crippen LogP contribution in [-0.2, 0) is 0 Å². The van der Waals surface area contributed by atoms with Crippen LogP contribution in [0.2, 0.25) is 0 Å². The lowest BCUT2D eigenvalue weighted by Crippen LogP contribution is -2.01.